The number of hydrogen-bond acceptors (Lipinski definition) is 1. The fraction of sp³-hybridized carbons (Fsp3) is 0.462. The molecule has 0 unspecified atom stereocenters. The maximum atomic E-state index is 8.36. The van der Waals surface area contributed by atoms with Crippen molar-refractivity contribution in [1.82, 2.24) is 0 Å². The number of fused-ring (bicyclic) bond motifs is 1. The van der Waals surface area contributed by atoms with Crippen LogP contribution in [0.1, 0.15) is 31.7 Å². The second-order valence-electron chi connectivity index (χ2n) is 4.54. The predicted octanol–water partition coefficient (Wildman–Crippen LogP) is 2.83. The molecule has 0 amide bonds. The summed E-state index contributed by atoms with van der Waals surface area (Å²) in [6, 6.07) is 11.0. The third-order valence-corrected chi connectivity index (χ3v) is 4.05. The van der Waals surface area contributed by atoms with Crippen molar-refractivity contribution in [2.45, 2.75) is 31.6 Å². The van der Waals surface area contributed by atoms with Crippen LogP contribution in [0.25, 0.3) is 0 Å². The number of benzene rings is 1. The Kier molecular flexibility index (Phi) is 2.29. The first-order chi connectivity index (χ1) is 7.24. The molecule has 0 atom stereocenters. The Bertz CT molecular complexity index is 350. The van der Waals surface area contributed by atoms with E-state index >= 15 is 0 Å². The van der Waals surface area contributed by atoms with Crippen molar-refractivity contribution < 1.29 is 9.90 Å². The lowest BCUT2D eigenvalue weighted by Crippen LogP contribution is -1.90. The van der Waals surface area contributed by atoms with Gasteiger partial charge < -0.3 is 5.11 Å². The standard InChI is InChI=1S/C12H14.CH2O2/c1-2-11-8-12(11,9-11)10-6-4-3-5-7-10;2-1-3/h3-7H,2,8-9H2,1H3;1H,(H,2,3). The Morgan fingerprint density at radius 2 is 1.87 bits per heavy atom. The first kappa shape index (κ1) is 10.2. The van der Waals surface area contributed by atoms with Crippen LogP contribution in [0.2, 0.25) is 0 Å². The lowest BCUT2D eigenvalue weighted by molar-refractivity contribution is -0.122. The van der Waals surface area contributed by atoms with Gasteiger partial charge in [-0.3, -0.25) is 4.79 Å². The smallest absolute Gasteiger partial charge is 0.290 e. The second-order valence-corrected chi connectivity index (χ2v) is 4.54. The Balaban J connectivity index is 0.000000258. The van der Waals surface area contributed by atoms with Gasteiger partial charge in [-0.05, 0) is 30.2 Å². The van der Waals surface area contributed by atoms with E-state index in [1.165, 1.54) is 19.3 Å². The van der Waals surface area contributed by atoms with Crippen molar-refractivity contribution in [3.63, 3.8) is 0 Å². The average molecular weight is 204 g/mol. The maximum Gasteiger partial charge on any atom is 0.290 e. The zero-order chi connectivity index (χ0) is 10.9. The van der Waals surface area contributed by atoms with Gasteiger partial charge in [0.2, 0.25) is 0 Å². The summed E-state index contributed by atoms with van der Waals surface area (Å²) in [5, 5.41) is 6.89. The van der Waals surface area contributed by atoms with Gasteiger partial charge in [0.05, 0.1) is 0 Å². The van der Waals surface area contributed by atoms with Crippen LogP contribution in [0.5, 0.6) is 0 Å². The summed E-state index contributed by atoms with van der Waals surface area (Å²) in [7, 11) is 0. The highest BCUT2D eigenvalue weighted by Crippen LogP contribution is 2.87. The minimum Gasteiger partial charge on any atom is -0.483 e. The van der Waals surface area contributed by atoms with Crippen molar-refractivity contribution in [3.8, 4) is 0 Å². The third kappa shape index (κ3) is 1.36. The van der Waals surface area contributed by atoms with Gasteiger partial charge in [0.15, 0.2) is 0 Å². The molecule has 1 N–H and O–H groups in total. The molecule has 0 saturated heterocycles. The van der Waals surface area contributed by atoms with Crippen LogP contribution in [0, 0.1) is 5.41 Å². The van der Waals surface area contributed by atoms with E-state index in [1.807, 2.05) is 0 Å². The highest BCUT2D eigenvalue weighted by atomic mass is 16.3. The van der Waals surface area contributed by atoms with Crippen molar-refractivity contribution in [3.05, 3.63) is 35.9 Å². The van der Waals surface area contributed by atoms with E-state index in [1.54, 1.807) is 5.56 Å². The fourth-order valence-electron chi connectivity index (χ4n) is 2.87. The molecule has 1 aromatic rings. The van der Waals surface area contributed by atoms with E-state index in [4.69, 9.17) is 9.90 Å². The van der Waals surface area contributed by atoms with Gasteiger partial charge in [-0.25, -0.2) is 0 Å². The molecule has 0 aromatic heterocycles. The lowest BCUT2D eigenvalue weighted by Gasteiger charge is -2.00. The molecule has 0 radical (unpaired) electrons. The summed E-state index contributed by atoms with van der Waals surface area (Å²) in [6.45, 7) is 2.08. The van der Waals surface area contributed by atoms with Gasteiger partial charge in [-0.2, -0.15) is 0 Å². The third-order valence-electron chi connectivity index (χ3n) is 4.05. The van der Waals surface area contributed by atoms with Crippen LogP contribution in [0.4, 0.5) is 0 Å². The minimum atomic E-state index is -0.250. The molecule has 0 heterocycles. The van der Waals surface area contributed by atoms with E-state index in [0.717, 1.165) is 5.41 Å². The molecule has 2 aliphatic carbocycles. The molecule has 2 heteroatoms. The van der Waals surface area contributed by atoms with Crippen LogP contribution in [-0.2, 0) is 10.2 Å². The first-order valence-corrected chi connectivity index (χ1v) is 5.38. The molecule has 1 aromatic carbocycles. The Morgan fingerprint density at radius 1 is 1.33 bits per heavy atom. The minimum absolute atomic E-state index is 0.250. The summed E-state index contributed by atoms with van der Waals surface area (Å²) >= 11 is 0. The molecule has 2 aliphatic rings. The Labute approximate surface area is 89.9 Å². The number of hydrogen-bond donors (Lipinski definition) is 1. The molecule has 2 saturated carbocycles. The van der Waals surface area contributed by atoms with Crippen molar-refractivity contribution in [1.29, 1.82) is 0 Å². The quantitative estimate of drug-likeness (QED) is 0.752. The summed E-state index contributed by atoms with van der Waals surface area (Å²) in [5.41, 5.74) is 3.00. The number of carbonyl (C=O) groups is 1. The van der Waals surface area contributed by atoms with Crippen LogP contribution in [0.3, 0.4) is 0 Å². The van der Waals surface area contributed by atoms with E-state index < -0.39 is 0 Å². The van der Waals surface area contributed by atoms with Crippen molar-refractivity contribution in [2.75, 3.05) is 0 Å². The van der Waals surface area contributed by atoms with Gasteiger partial charge >= 0.3 is 0 Å². The highest BCUT2D eigenvalue weighted by molar-refractivity contribution is 5.49. The van der Waals surface area contributed by atoms with E-state index in [-0.39, 0.29) is 6.47 Å². The van der Waals surface area contributed by atoms with E-state index in [9.17, 15) is 0 Å². The largest absolute Gasteiger partial charge is 0.483 e. The SMILES string of the molecule is CCC12CC1(c1ccccc1)C2.O=CO. The number of carboxylic acid groups (broad SMARTS) is 1. The maximum absolute atomic E-state index is 8.36. The predicted molar refractivity (Wildman–Crippen MR) is 58.8 cm³/mol. The molecule has 80 valence electrons. The zero-order valence-electron chi connectivity index (χ0n) is 8.94. The van der Waals surface area contributed by atoms with Crippen LogP contribution >= 0.6 is 0 Å². The van der Waals surface area contributed by atoms with Gasteiger partial charge in [0.25, 0.3) is 6.47 Å². The summed E-state index contributed by atoms with van der Waals surface area (Å²) in [6.07, 6.45) is 4.29. The highest BCUT2D eigenvalue weighted by Gasteiger charge is 2.81. The average Bonchev–Trinajstić information content (AvgIpc) is 3.06. The van der Waals surface area contributed by atoms with Crippen LogP contribution in [0.15, 0.2) is 30.3 Å². The fourth-order valence-corrected chi connectivity index (χ4v) is 2.87. The number of rotatable bonds is 2. The molecule has 3 rings (SSSR count). The topological polar surface area (TPSA) is 37.3 Å². The summed E-state index contributed by atoms with van der Waals surface area (Å²) in [4.78, 5) is 8.36. The van der Waals surface area contributed by atoms with Crippen LogP contribution < -0.4 is 0 Å². The molecule has 2 fully saturated rings. The van der Waals surface area contributed by atoms with Gasteiger partial charge in [-0.15, -0.1) is 0 Å². The second kappa shape index (κ2) is 3.37. The van der Waals surface area contributed by atoms with Crippen LogP contribution in [-0.4, -0.2) is 11.6 Å². The van der Waals surface area contributed by atoms with E-state index in [0.29, 0.717) is 5.41 Å². The molecular weight excluding hydrogens is 188 g/mol. The Morgan fingerprint density at radius 3 is 2.27 bits per heavy atom. The Hall–Kier alpha value is -1.31. The summed E-state index contributed by atoms with van der Waals surface area (Å²) < 4.78 is 0. The van der Waals surface area contributed by atoms with Crippen molar-refractivity contribution >= 4 is 6.47 Å². The first-order valence-electron chi connectivity index (χ1n) is 5.38. The molecule has 0 bridgehead atoms. The monoisotopic (exact) mass is 204 g/mol. The molecular formula is C13H16O2. The van der Waals surface area contributed by atoms with E-state index in [2.05, 4.69) is 37.3 Å². The molecule has 15 heavy (non-hydrogen) atoms. The molecule has 0 aliphatic heterocycles. The summed E-state index contributed by atoms with van der Waals surface area (Å²) in [5.74, 6) is 0. The molecule has 0 spiro atoms. The molecule has 2 nitrogen and oxygen atoms in total. The van der Waals surface area contributed by atoms with Crippen molar-refractivity contribution in [2.24, 2.45) is 5.41 Å². The lowest BCUT2D eigenvalue weighted by atomic mass is 10.0. The van der Waals surface area contributed by atoms with Gasteiger partial charge in [0, 0.05) is 5.41 Å². The zero-order valence-corrected chi connectivity index (χ0v) is 8.94. The van der Waals surface area contributed by atoms with Gasteiger partial charge in [0.1, 0.15) is 0 Å². The normalized spacial score (nSPS) is 34.5. The van der Waals surface area contributed by atoms with Gasteiger partial charge in [-0.1, -0.05) is 37.3 Å².